The second-order valence-electron chi connectivity index (χ2n) is 5.41. The number of nitrogens with zero attached hydrogens (tertiary/aromatic N) is 3. The van der Waals surface area contributed by atoms with Crippen LogP contribution in [0.3, 0.4) is 0 Å². The highest BCUT2D eigenvalue weighted by atomic mass is 19.1. The molecule has 0 aliphatic carbocycles. The zero-order chi connectivity index (χ0) is 16.9. The van der Waals surface area contributed by atoms with Gasteiger partial charge in [-0.2, -0.15) is 0 Å². The van der Waals surface area contributed by atoms with E-state index in [1.165, 1.54) is 12.1 Å². The first kappa shape index (κ1) is 16.0. The molecule has 0 spiro atoms. The third kappa shape index (κ3) is 3.91. The van der Waals surface area contributed by atoms with Gasteiger partial charge in [0.05, 0.1) is 6.10 Å². The minimum Gasteiger partial charge on any atom is -0.387 e. The molecular weight excluding hydrogens is 307 g/mol. The number of rotatable bonds is 5. The standard InChI is InChI=1S/C18H17FN4O/c1-12-9-17(23-18(22-12)14-3-2-8-20-10-14)21-11-16(24)13-4-6-15(19)7-5-13/h2-10,16,24H,11H2,1H3,(H,21,22,23). The van der Waals surface area contributed by atoms with E-state index in [0.717, 1.165) is 11.3 Å². The number of anilines is 1. The predicted molar refractivity (Wildman–Crippen MR) is 89.8 cm³/mol. The smallest absolute Gasteiger partial charge is 0.163 e. The monoisotopic (exact) mass is 324 g/mol. The number of nitrogens with one attached hydrogen (secondary N) is 1. The fourth-order valence-electron chi connectivity index (χ4n) is 2.29. The van der Waals surface area contributed by atoms with Crippen molar-refractivity contribution in [1.82, 2.24) is 15.0 Å². The Balaban J connectivity index is 1.73. The molecule has 5 nitrogen and oxygen atoms in total. The number of benzene rings is 1. The second kappa shape index (κ2) is 7.14. The van der Waals surface area contributed by atoms with Gasteiger partial charge in [-0.05, 0) is 36.8 Å². The zero-order valence-electron chi connectivity index (χ0n) is 13.1. The van der Waals surface area contributed by atoms with Crippen LogP contribution in [0.1, 0.15) is 17.4 Å². The third-order valence-electron chi connectivity index (χ3n) is 3.51. The van der Waals surface area contributed by atoms with Gasteiger partial charge in [-0.3, -0.25) is 4.98 Å². The van der Waals surface area contributed by atoms with Crippen molar-refractivity contribution in [2.24, 2.45) is 0 Å². The Bertz CT molecular complexity index is 809. The van der Waals surface area contributed by atoms with Crippen LogP contribution in [-0.4, -0.2) is 26.6 Å². The Kier molecular flexibility index (Phi) is 4.77. The molecule has 0 saturated heterocycles. The van der Waals surface area contributed by atoms with Gasteiger partial charge in [0.25, 0.3) is 0 Å². The molecule has 2 aromatic heterocycles. The molecule has 1 aromatic carbocycles. The average Bonchev–Trinajstić information content (AvgIpc) is 2.60. The average molecular weight is 324 g/mol. The number of aliphatic hydroxyl groups is 1. The minimum atomic E-state index is -0.761. The molecule has 1 unspecified atom stereocenters. The Morgan fingerprint density at radius 1 is 1.17 bits per heavy atom. The quantitative estimate of drug-likeness (QED) is 0.754. The summed E-state index contributed by atoms with van der Waals surface area (Å²) < 4.78 is 12.9. The van der Waals surface area contributed by atoms with Crippen molar-refractivity contribution >= 4 is 5.82 Å². The minimum absolute atomic E-state index is 0.258. The van der Waals surface area contributed by atoms with E-state index in [1.807, 2.05) is 19.1 Å². The molecule has 0 aliphatic rings. The molecule has 6 heteroatoms. The lowest BCUT2D eigenvalue weighted by Gasteiger charge is -2.13. The Labute approximate surface area is 139 Å². The van der Waals surface area contributed by atoms with E-state index in [0.29, 0.717) is 17.2 Å². The molecule has 0 fully saturated rings. The number of halogens is 1. The largest absolute Gasteiger partial charge is 0.387 e. The SMILES string of the molecule is Cc1cc(NCC(O)c2ccc(F)cc2)nc(-c2cccnc2)n1. The molecule has 0 amide bonds. The second-order valence-corrected chi connectivity index (χ2v) is 5.41. The molecule has 3 rings (SSSR count). The van der Waals surface area contributed by atoms with Crippen LogP contribution in [0.2, 0.25) is 0 Å². The molecule has 2 heterocycles. The molecule has 1 atom stereocenters. The van der Waals surface area contributed by atoms with E-state index < -0.39 is 6.10 Å². The van der Waals surface area contributed by atoms with Crippen LogP contribution < -0.4 is 5.32 Å². The van der Waals surface area contributed by atoms with Crippen molar-refractivity contribution in [3.8, 4) is 11.4 Å². The predicted octanol–water partition coefficient (Wildman–Crippen LogP) is 3.13. The molecule has 24 heavy (non-hydrogen) atoms. The number of hydrogen-bond acceptors (Lipinski definition) is 5. The summed E-state index contributed by atoms with van der Waals surface area (Å²) in [4.78, 5) is 12.9. The molecule has 0 aliphatic heterocycles. The lowest BCUT2D eigenvalue weighted by molar-refractivity contribution is 0.191. The molecule has 122 valence electrons. The van der Waals surface area contributed by atoms with Crippen molar-refractivity contribution in [2.75, 3.05) is 11.9 Å². The van der Waals surface area contributed by atoms with Crippen LogP contribution >= 0.6 is 0 Å². The highest BCUT2D eigenvalue weighted by molar-refractivity contribution is 5.56. The van der Waals surface area contributed by atoms with Gasteiger partial charge in [0, 0.05) is 36.3 Å². The zero-order valence-corrected chi connectivity index (χ0v) is 13.1. The first-order chi connectivity index (χ1) is 11.6. The van der Waals surface area contributed by atoms with Gasteiger partial charge in [0.1, 0.15) is 11.6 Å². The topological polar surface area (TPSA) is 70.9 Å². The van der Waals surface area contributed by atoms with Gasteiger partial charge in [-0.25, -0.2) is 14.4 Å². The summed E-state index contributed by atoms with van der Waals surface area (Å²) in [5.74, 6) is 0.857. The van der Waals surface area contributed by atoms with E-state index in [9.17, 15) is 9.50 Å². The van der Waals surface area contributed by atoms with Crippen LogP contribution in [-0.2, 0) is 0 Å². The maximum absolute atomic E-state index is 12.9. The van der Waals surface area contributed by atoms with Crippen molar-refractivity contribution in [1.29, 1.82) is 0 Å². The van der Waals surface area contributed by atoms with Crippen molar-refractivity contribution in [3.63, 3.8) is 0 Å². The molecule has 3 aromatic rings. The number of pyridine rings is 1. The maximum Gasteiger partial charge on any atom is 0.163 e. The maximum atomic E-state index is 12.9. The van der Waals surface area contributed by atoms with Gasteiger partial charge in [-0.15, -0.1) is 0 Å². The molecule has 0 saturated carbocycles. The highest BCUT2D eigenvalue weighted by Gasteiger charge is 2.09. The van der Waals surface area contributed by atoms with E-state index in [1.54, 1.807) is 30.6 Å². The van der Waals surface area contributed by atoms with Gasteiger partial charge in [-0.1, -0.05) is 12.1 Å². The van der Waals surface area contributed by atoms with Crippen molar-refractivity contribution in [2.45, 2.75) is 13.0 Å². The lowest BCUT2D eigenvalue weighted by Crippen LogP contribution is -2.13. The highest BCUT2D eigenvalue weighted by Crippen LogP contribution is 2.18. The third-order valence-corrected chi connectivity index (χ3v) is 3.51. The number of hydrogen-bond donors (Lipinski definition) is 2. The number of aryl methyl sites for hydroxylation is 1. The first-order valence-electron chi connectivity index (χ1n) is 7.55. The van der Waals surface area contributed by atoms with E-state index in [4.69, 9.17) is 0 Å². The molecular formula is C18H17FN4O. The van der Waals surface area contributed by atoms with Gasteiger partial charge in [0.2, 0.25) is 0 Å². The first-order valence-corrected chi connectivity index (χ1v) is 7.55. The fourth-order valence-corrected chi connectivity index (χ4v) is 2.29. The van der Waals surface area contributed by atoms with Crippen molar-refractivity contribution in [3.05, 3.63) is 71.9 Å². The van der Waals surface area contributed by atoms with Gasteiger partial charge < -0.3 is 10.4 Å². The fraction of sp³-hybridized carbons (Fsp3) is 0.167. The van der Waals surface area contributed by atoms with Crippen LogP contribution in [0.5, 0.6) is 0 Å². The number of aliphatic hydroxyl groups excluding tert-OH is 1. The van der Waals surface area contributed by atoms with E-state index in [-0.39, 0.29) is 12.4 Å². The van der Waals surface area contributed by atoms with E-state index in [2.05, 4.69) is 20.3 Å². The molecule has 2 N–H and O–H groups in total. The van der Waals surface area contributed by atoms with Crippen LogP contribution in [0.25, 0.3) is 11.4 Å². The number of aromatic nitrogens is 3. The summed E-state index contributed by atoms with van der Waals surface area (Å²) in [6.07, 6.45) is 2.63. The Morgan fingerprint density at radius 3 is 2.67 bits per heavy atom. The van der Waals surface area contributed by atoms with Crippen LogP contribution in [0.15, 0.2) is 54.9 Å². The molecule has 0 bridgehead atoms. The Morgan fingerprint density at radius 2 is 1.96 bits per heavy atom. The summed E-state index contributed by atoms with van der Waals surface area (Å²) in [5.41, 5.74) is 2.27. The summed E-state index contributed by atoms with van der Waals surface area (Å²) in [6, 6.07) is 11.3. The van der Waals surface area contributed by atoms with Gasteiger partial charge in [0.15, 0.2) is 5.82 Å². The van der Waals surface area contributed by atoms with Crippen LogP contribution in [0.4, 0.5) is 10.2 Å². The summed E-state index contributed by atoms with van der Waals surface area (Å²) >= 11 is 0. The van der Waals surface area contributed by atoms with Crippen molar-refractivity contribution < 1.29 is 9.50 Å². The lowest BCUT2D eigenvalue weighted by atomic mass is 10.1. The Hall–Kier alpha value is -2.86. The van der Waals surface area contributed by atoms with Crippen LogP contribution in [0, 0.1) is 12.7 Å². The summed E-state index contributed by atoms with van der Waals surface area (Å²) in [7, 11) is 0. The van der Waals surface area contributed by atoms with E-state index >= 15 is 0 Å². The van der Waals surface area contributed by atoms with Gasteiger partial charge >= 0.3 is 0 Å². The summed E-state index contributed by atoms with van der Waals surface area (Å²) in [5, 5.41) is 13.3. The normalized spacial score (nSPS) is 12.0. The summed E-state index contributed by atoms with van der Waals surface area (Å²) in [6.45, 7) is 2.14. The molecule has 0 radical (unpaired) electrons.